The number of alkyl halides is 1. The summed E-state index contributed by atoms with van der Waals surface area (Å²) >= 11 is 3.52. The van der Waals surface area contributed by atoms with E-state index in [-0.39, 0.29) is 5.91 Å². The Hall–Kier alpha value is -0.840. The molecule has 4 nitrogen and oxygen atoms in total. The number of hydrogen-bond donors (Lipinski definition) is 0. The van der Waals surface area contributed by atoms with Gasteiger partial charge in [0, 0.05) is 30.7 Å². The summed E-state index contributed by atoms with van der Waals surface area (Å²) in [5.74, 6) is 0.141. The van der Waals surface area contributed by atoms with E-state index < -0.39 is 0 Å². The van der Waals surface area contributed by atoms with Gasteiger partial charge in [-0.1, -0.05) is 15.9 Å². The number of piperidine rings is 1. The number of aromatic nitrogens is 2. The minimum absolute atomic E-state index is 0.141. The zero-order valence-corrected chi connectivity index (χ0v) is 12.8. The van der Waals surface area contributed by atoms with E-state index in [0.29, 0.717) is 6.04 Å². The van der Waals surface area contributed by atoms with Crippen molar-refractivity contribution in [2.75, 3.05) is 11.9 Å². The van der Waals surface area contributed by atoms with E-state index in [2.05, 4.69) is 21.0 Å². The molecule has 0 bridgehead atoms. The summed E-state index contributed by atoms with van der Waals surface area (Å²) in [4.78, 5) is 14.7. The van der Waals surface area contributed by atoms with E-state index in [0.717, 1.165) is 41.7 Å². The second kappa shape index (κ2) is 5.43. The van der Waals surface area contributed by atoms with Crippen molar-refractivity contribution in [2.24, 2.45) is 7.05 Å². The molecule has 0 spiro atoms. The van der Waals surface area contributed by atoms with Crippen LogP contribution in [0.2, 0.25) is 0 Å². The fraction of sp³-hybridized carbons (Fsp3) is 0.692. The number of carbonyl (C=O) groups excluding carboxylic acids is 1. The summed E-state index contributed by atoms with van der Waals surface area (Å²) in [5, 5.41) is 5.19. The number of nitrogens with zero attached hydrogens (tertiary/aromatic N) is 3. The number of likely N-dealkylation sites (tertiary alicyclic amines) is 1. The molecule has 1 saturated heterocycles. The summed E-state index contributed by atoms with van der Waals surface area (Å²) in [7, 11) is 1.89. The molecule has 0 aromatic carbocycles. The molecular weight excluding hydrogens is 294 g/mol. The first-order chi connectivity index (χ1) is 8.56. The first-order valence-corrected chi connectivity index (χ1v) is 7.55. The molecule has 5 heteroatoms. The second-order valence-electron chi connectivity index (χ2n) is 4.97. The summed E-state index contributed by atoms with van der Waals surface area (Å²) in [6, 6.07) is 0.324. The molecule has 1 atom stereocenters. The van der Waals surface area contributed by atoms with Gasteiger partial charge >= 0.3 is 0 Å². The molecule has 1 aromatic rings. The molecule has 1 aliphatic heterocycles. The van der Waals surface area contributed by atoms with Gasteiger partial charge in [-0.3, -0.25) is 9.48 Å². The fourth-order valence-corrected chi connectivity index (χ4v) is 3.33. The van der Waals surface area contributed by atoms with Crippen LogP contribution >= 0.6 is 15.9 Å². The van der Waals surface area contributed by atoms with E-state index in [9.17, 15) is 4.79 Å². The molecule has 18 heavy (non-hydrogen) atoms. The highest BCUT2D eigenvalue weighted by Crippen LogP contribution is 2.23. The largest absolute Gasteiger partial charge is 0.335 e. The van der Waals surface area contributed by atoms with Crippen LogP contribution in [0.1, 0.15) is 41.0 Å². The lowest BCUT2D eigenvalue weighted by atomic mass is 10.0. The Morgan fingerprint density at radius 3 is 2.72 bits per heavy atom. The van der Waals surface area contributed by atoms with Crippen molar-refractivity contribution in [2.45, 2.75) is 39.2 Å². The maximum atomic E-state index is 12.7. The van der Waals surface area contributed by atoms with E-state index >= 15 is 0 Å². The first kappa shape index (κ1) is 13.6. The smallest absolute Gasteiger partial charge is 0.257 e. The minimum Gasteiger partial charge on any atom is -0.335 e. The summed E-state index contributed by atoms with van der Waals surface area (Å²) < 4.78 is 1.79. The Kier molecular flexibility index (Phi) is 4.10. The van der Waals surface area contributed by atoms with Crippen molar-refractivity contribution in [1.29, 1.82) is 0 Å². The van der Waals surface area contributed by atoms with Crippen molar-refractivity contribution in [3.63, 3.8) is 0 Å². The number of aryl methyl sites for hydroxylation is 2. The van der Waals surface area contributed by atoms with Gasteiger partial charge in [0.15, 0.2) is 0 Å². The van der Waals surface area contributed by atoms with Gasteiger partial charge in [-0.15, -0.1) is 0 Å². The van der Waals surface area contributed by atoms with Crippen LogP contribution in [0, 0.1) is 13.8 Å². The predicted octanol–water partition coefficient (Wildman–Crippen LogP) is 2.43. The number of hydrogen-bond acceptors (Lipinski definition) is 2. The van der Waals surface area contributed by atoms with Crippen LogP contribution in [0.3, 0.4) is 0 Å². The normalized spacial score (nSPS) is 20.2. The fourth-order valence-electron chi connectivity index (χ4n) is 2.66. The lowest BCUT2D eigenvalue weighted by Crippen LogP contribution is -2.45. The summed E-state index contributed by atoms with van der Waals surface area (Å²) in [5.41, 5.74) is 2.57. The van der Waals surface area contributed by atoms with Gasteiger partial charge in [-0.25, -0.2) is 0 Å². The van der Waals surface area contributed by atoms with Crippen molar-refractivity contribution >= 4 is 21.8 Å². The number of carbonyl (C=O) groups is 1. The van der Waals surface area contributed by atoms with Crippen LogP contribution in [0.25, 0.3) is 0 Å². The molecule has 1 aromatic heterocycles. The average molecular weight is 314 g/mol. The van der Waals surface area contributed by atoms with Crippen LogP contribution < -0.4 is 0 Å². The van der Waals surface area contributed by atoms with Crippen molar-refractivity contribution in [3.05, 3.63) is 17.0 Å². The summed E-state index contributed by atoms with van der Waals surface area (Å²) in [6.07, 6.45) is 3.41. The van der Waals surface area contributed by atoms with Gasteiger partial charge in [0.25, 0.3) is 5.91 Å². The molecule has 1 aliphatic rings. The zero-order chi connectivity index (χ0) is 13.3. The first-order valence-electron chi connectivity index (χ1n) is 6.43. The van der Waals surface area contributed by atoms with Crippen molar-refractivity contribution in [3.8, 4) is 0 Å². The lowest BCUT2D eigenvalue weighted by molar-refractivity contribution is 0.0640. The van der Waals surface area contributed by atoms with Crippen LogP contribution in [0.4, 0.5) is 0 Å². The molecule has 100 valence electrons. The molecule has 0 N–H and O–H groups in total. The monoisotopic (exact) mass is 313 g/mol. The number of rotatable bonds is 2. The van der Waals surface area contributed by atoms with Crippen LogP contribution in [0.5, 0.6) is 0 Å². The Morgan fingerprint density at radius 2 is 2.17 bits per heavy atom. The molecule has 0 saturated carbocycles. The SMILES string of the molecule is Cc1nn(C)c(C)c1C(=O)N1CCCCC1CBr. The average Bonchev–Trinajstić information content (AvgIpc) is 2.62. The van der Waals surface area contributed by atoms with E-state index in [1.165, 1.54) is 6.42 Å². The molecule has 1 amide bonds. The van der Waals surface area contributed by atoms with Crippen LogP contribution in [0.15, 0.2) is 0 Å². The Morgan fingerprint density at radius 1 is 1.44 bits per heavy atom. The van der Waals surface area contributed by atoms with Gasteiger partial charge in [0.05, 0.1) is 11.3 Å². The second-order valence-corrected chi connectivity index (χ2v) is 5.62. The van der Waals surface area contributed by atoms with Crippen molar-refractivity contribution < 1.29 is 4.79 Å². The highest BCUT2D eigenvalue weighted by molar-refractivity contribution is 9.09. The molecule has 1 fully saturated rings. The quantitative estimate of drug-likeness (QED) is 0.786. The third kappa shape index (κ3) is 2.32. The molecule has 2 rings (SSSR count). The number of halogens is 1. The van der Waals surface area contributed by atoms with Gasteiger partial charge in [-0.2, -0.15) is 5.10 Å². The summed E-state index contributed by atoms with van der Waals surface area (Å²) in [6.45, 7) is 4.73. The maximum Gasteiger partial charge on any atom is 0.257 e. The number of amides is 1. The third-order valence-corrected chi connectivity index (χ3v) is 4.54. The highest BCUT2D eigenvalue weighted by Gasteiger charge is 2.29. The van der Waals surface area contributed by atoms with Gasteiger partial charge in [0.1, 0.15) is 0 Å². The van der Waals surface area contributed by atoms with E-state index in [4.69, 9.17) is 0 Å². The molecule has 1 unspecified atom stereocenters. The standard InChI is InChI=1S/C13H20BrN3O/c1-9-12(10(2)16(3)15-9)13(18)17-7-5-4-6-11(17)8-14/h11H,4-8H2,1-3H3. The highest BCUT2D eigenvalue weighted by atomic mass is 79.9. The molecule has 0 aliphatic carbocycles. The van der Waals surface area contributed by atoms with Crippen LogP contribution in [-0.2, 0) is 7.05 Å². The Balaban J connectivity index is 2.29. The Bertz CT molecular complexity index is 455. The topological polar surface area (TPSA) is 38.1 Å². The third-order valence-electron chi connectivity index (χ3n) is 3.79. The van der Waals surface area contributed by atoms with Gasteiger partial charge < -0.3 is 4.90 Å². The zero-order valence-electron chi connectivity index (χ0n) is 11.2. The van der Waals surface area contributed by atoms with E-state index in [1.807, 2.05) is 25.8 Å². The minimum atomic E-state index is 0.141. The predicted molar refractivity (Wildman–Crippen MR) is 75.2 cm³/mol. The van der Waals surface area contributed by atoms with Gasteiger partial charge in [0.2, 0.25) is 0 Å². The van der Waals surface area contributed by atoms with Crippen LogP contribution in [-0.4, -0.2) is 38.5 Å². The Labute approximate surface area is 116 Å². The van der Waals surface area contributed by atoms with Crippen molar-refractivity contribution in [1.82, 2.24) is 14.7 Å². The molecular formula is C13H20BrN3O. The molecule has 2 heterocycles. The van der Waals surface area contributed by atoms with Gasteiger partial charge in [-0.05, 0) is 33.1 Å². The maximum absolute atomic E-state index is 12.7. The van der Waals surface area contributed by atoms with E-state index in [1.54, 1.807) is 4.68 Å². The lowest BCUT2D eigenvalue weighted by Gasteiger charge is -2.34. The molecule has 0 radical (unpaired) electrons.